The second kappa shape index (κ2) is 7.82. The summed E-state index contributed by atoms with van der Waals surface area (Å²) >= 11 is 5.99. The number of rotatable bonds is 6. The van der Waals surface area contributed by atoms with Gasteiger partial charge in [-0.3, -0.25) is 4.90 Å². The van der Waals surface area contributed by atoms with Gasteiger partial charge in [0.15, 0.2) is 0 Å². The zero-order valence-corrected chi connectivity index (χ0v) is 15.5. The Morgan fingerprint density at radius 2 is 1.92 bits per heavy atom. The summed E-state index contributed by atoms with van der Waals surface area (Å²) in [7, 11) is 0. The fourth-order valence-electron chi connectivity index (χ4n) is 3.79. The van der Waals surface area contributed by atoms with Crippen LogP contribution in [0.4, 0.5) is 11.9 Å². The van der Waals surface area contributed by atoms with E-state index in [1.807, 2.05) is 12.1 Å². The SMILES string of the molecule is Nc1nc(N2CCC(N(CCc3ccc(Cl)cc3)C3COC3)CC2)n[nH]1. The van der Waals surface area contributed by atoms with Gasteiger partial charge in [0.05, 0.1) is 19.3 Å². The van der Waals surface area contributed by atoms with E-state index in [4.69, 9.17) is 22.1 Å². The molecule has 7 nitrogen and oxygen atoms in total. The number of piperidine rings is 1. The monoisotopic (exact) mass is 376 g/mol. The summed E-state index contributed by atoms with van der Waals surface area (Å²) in [6.45, 7) is 4.64. The molecule has 4 rings (SSSR count). The molecule has 140 valence electrons. The van der Waals surface area contributed by atoms with Gasteiger partial charge >= 0.3 is 0 Å². The van der Waals surface area contributed by atoms with Crippen LogP contribution in [-0.4, -0.2) is 65.0 Å². The summed E-state index contributed by atoms with van der Waals surface area (Å²) in [5.74, 6) is 1.08. The van der Waals surface area contributed by atoms with E-state index in [0.717, 1.165) is 57.1 Å². The van der Waals surface area contributed by atoms with E-state index >= 15 is 0 Å². The van der Waals surface area contributed by atoms with Gasteiger partial charge in [-0.2, -0.15) is 4.98 Å². The number of nitrogens with zero attached hydrogens (tertiary/aromatic N) is 4. The summed E-state index contributed by atoms with van der Waals surface area (Å²) < 4.78 is 5.46. The fraction of sp³-hybridized carbons (Fsp3) is 0.556. The lowest BCUT2D eigenvalue weighted by atomic mass is 9.99. The van der Waals surface area contributed by atoms with E-state index in [0.29, 0.717) is 24.0 Å². The van der Waals surface area contributed by atoms with Crippen LogP contribution in [0, 0.1) is 0 Å². The van der Waals surface area contributed by atoms with Crippen molar-refractivity contribution in [3.8, 4) is 0 Å². The van der Waals surface area contributed by atoms with Crippen molar-refractivity contribution in [3.05, 3.63) is 34.9 Å². The number of hydrogen-bond donors (Lipinski definition) is 2. The maximum absolute atomic E-state index is 5.99. The molecule has 0 radical (unpaired) electrons. The number of nitrogens with one attached hydrogen (secondary N) is 1. The summed E-state index contributed by atoms with van der Waals surface area (Å²) in [4.78, 5) is 9.09. The number of aromatic nitrogens is 3. The van der Waals surface area contributed by atoms with Crippen molar-refractivity contribution in [2.45, 2.75) is 31.3 Å². The number of benzene rings is 1. The van der Waals surface area contributed by atoms with Crippen molar-refractivity contribution < 1.29 is 4.74 Å². The predicted molar refractivity (Wildman–Crippen MR) is 102 cm³/mol. The Kier molecular flexibility index (Phi) is 5.28. The summed E-state index contributed by atoms with van der Waals surface area (Å²) in [6.07, 6.45) is 3.24. The largest absolute Gasteiger partial charge is 0.378 e. The molecule has 0 aliphatic carbocycles. The second-order valence-electron chi connectivity index (χ2n) is 7.04. The van der Waals surface area contributed by atoms with Crippen LogP contribution in [0.2, 0.25) is 5.02 Å². The van der Waals surface area contributed by atoms with Gasteiger partial charge in [-0.1, -0.05) is 23.7 Å². The van der Waals surface area contributed by atoms with Gasteiger partial charge in [0.25, 0.3) is 0 Å². The molecule has 3 N–H and O–H groups in total. The van der Waals surface area contributed by atoms with Crippen molar-refractivity contribution in [1.29, 1.82) is 0 Å². The highest BCUT2D eigenvalue weighted by molar-refractivity contribution is 6.30. The summed E-state index contributed by atoms with van der Waals surface area (Å²) in [6, 6.07) is 9.28. The van der Waals surface area contributed by atoms with Gasteiger partial charge in [0, 0.05) is 30.7 Å². The molecule has 26 heavy (non-hydrogen) atoms. The van der Waals surface area contributed by atoms with Crippen molar-refractivity contribution in [1.82, 2.24) is 20.1 Å². The second-order valence-corrected chi connectivity index (χ2v) is 7.48. The molecular formula is C18H25ClN6O. The molecule has 1 aromatic heterocycles. The third-order valence-electron chi connectivity index (χ3n) is 5.37. The lowest BCUT2D eigenvalue weighted by Gasteiger charge is -2.45. The number of hydrogen-bond acceptors (Lipinski definition) is 6. The van der Waals surface area contributed by atoms with Crippen LogP contribution in [0.3, 0.4) is 0 Å². The van der Waals surface area contributed by atoms with Crippen LogP contribution in [0.25, 0.3) is 0 Å². The molecule has 2 aliphatic heterocycles. The van der Waals surface area contributed by atoms with Gasteiger partial charge in [-0.05, 0) is 37.0 Å². The molecule has 0 atom stereocenters. The number of H-pyrrole nitrogens is 1. The maximum atomic E-state index is 5.99. The van der Waals surface area contributed by atoms with E-state index < -0.39 is 0 Å². The topological polar surface area (TPSA) is 83.3 Å². The van der Waals surface area contributed by atoms with Gasteiger partial charge in [-0.25, -0.2) is 5.10 Å². The van der Waals surface area contributed by atoms with Gasteiger partial charge in [-0.15, -0.1) is 5.10 Å². The first-order valence-electron chi connectivity index (χ1n) is 9.20. The molecule has 2 saturated heterocycles. The van der Waals surface area contributed by atoms with Crippen molar-refractivity contribution in [3.63, 3.8) is 0 Å². The number of nitrogen functional groups attached to an aromatic ring is 1. The van der Waals surface area contributed by atoms with Gasteiger partial charge in [0.1, 0.15) is 0 Å². The van der Waals surface area contributed by atoms with Crippen LogP contribution in [-0.2, 0) is 11.2 Å². The Morgan fingerprint density at radius 1 is 1.19 bits per heavy atom. The normalized spacial score (nSPS) is 19.1. The molecule has 3 heterocycles. The summed E-state index contributed by atoms with van der Waals surface area (Å²) in [5.41, 5.74) is 6.97. The number of aromatic amines is 1. The zero-order valence-electron chi connectivity index (χ0n) is 14.8. The molecule has 0 spiro atoms. The molecule has 2 aliphatic rings. The third kappa shape index (κ3) is 3.95. The van der Waals surface area contributed by atoms with Crippen LogP contribution >= 0.6 is 11.6 Å². The summed E-state index contributed by atoms with van der Waals surface area (Å²) in [5, 5.41) is 7.68. The van der Waals surface area contributed by atoms with Crippen LogP contribution in [0.5, 0.6) is 0 Å². The maximum Gasteiger partial charge on any atom is 0.246 e. The van der Waals surface area contributed by atoms with Crippen LogP contribution < -0.4 is 10.6 Å². The fourth-order valence-corrected chi connectivity index (χ4v) is 3.92. The Hall–Kier alpha value is -1.83. The molecule has 0 unspecified atom stereocenters. The van der Waals surface area contributed by atoms with Gasteiger partial charge in [0.2, 0.25) is 11.9 Å². The van der Waals surface area contributed by atoms with E-state index in [1.165, 1.54) is 5.56 Å². The minimum Gasteiger partial charge on any atom is -0.378 e. The highest BCUT2D eigenvalue weighted by Crippen LogP contribution is 2.25. The highest BCUT2D eigenvalue weighted by atomic mass is 35.5. The Morgan fingerprint density at radius 3 is 2.50 bits per heavy atom. The molecule has 2 fully saturated rings. The average molecular weight is 377 g/mol. The van der Waals surface area contributed by atoms with E-state index in [1.54, 1.807) is 0 Å². The van der Waals surface area contributed by atoms with Crippen molar-refractivity contribution >= 4 is 23.5 Å². The zero-order chi connectivity index (χ0) is 17.9. The van der Waals surface area contributed by atoms with Crippen LogP contribution in [0.1, 0.15) is 18.4 Å². The number of halogens is 1. The quantitative estimate of drug-likeness (QED) is 0.801. The number of anilines is 2. The Labute approximate surface area is 158 Å². The highest BCUT2D eigenvalue weighted by Gasteiger charge is 2.33. The molecule has 0 bridgehead atoms. The van der Waals surface area contributed by atoms with E-state index in [9.17, 15) is 0 Å². The third-order valence-corrected chi connectivity index (χ3v) is 5.62. The number of ether oxygens (including phenoxy) is 1. The molecule has 0 saturated carbocycles. The first kappa shape index (κ1) is 17.6. The molecule has 0 amide bonds. The van der Waals surface area contributed by atoms with E-state index in [2.05, 4.69) is 37.1 Å². The average Bonchev–Trinajstić information content (AvgIpc) is 3.05. The first-order chi connectivity index (χ1) is 12.7. The van der Waals surface area contributed by atoms with Crippen LogP contribution in [0.15, 0.2) is 24.3 Å². The smallest absolute Gasteiger partial charge is 0.246 e. The minimum atomic E-state index is 0.373. The molecule has 8 heteroatoms. The molecular weight excluding hydrogens is 352 g/mol. The standard InChI is InChI=1S/C18H25ClN6O/c19-14-3-1-13(2-4-14)5-10-25(16-11-26-12-16)15-6-8-24(9-7-15)18-21-17(20)22-23-18/h1-4,15-16H,5-12H2,(H3,20,21,22,23). The Bertz CT molecular complexity index is 709. The van der Waals surface area contributed by atoms with E-state index in [-0.39, 0.29) is 0 Å². The molecule has 1 aromatic carbocycles. The first-order valence-corrected chi connectivity index (χ1v) is 9.57. The molecule has 2 aromatic rings. The van der Waals surface area contributed by atoms with Gasteiger partial charge < -0.3 is 15.4 Å². The lowest BCUT2D eigenvalue weighted by molar-refractivity contribution is -0.0818. The number of nitrogens with two attached hydrogens (primary N) is 1. The predicted octanol–water partition coefficient (Wildman–Crippen LogP) is 1.95. The van der Waals surface area contributed by atoms with Crippen molar-refractivity contribution in [2.24, 2.45) is 0 Å². The van der Waals surface area contributed by atoms with Crippen molar-refractivity contribution in [2.75, 3.05) is 43.5 Å². The Balaban J connectivity index is 1.35. The lowest BCUT2D eigenvalue weighted by Crippen LogP contribution is -2.56. The minimum absolute atomic E-state index is 0.373.